The van der Waals surface area contributed by atoms with Crippen molar-refractivity contribution in [3.63, 3.8) is 0 Å². The first kappa shape index (κ1) is 22.3. The molecule has 3 heterocycles. The van der Waals surface area contributed by atoms with Crippen LogP contribution in [0.15, 0.2) is 36.7 Å². The fourth-order valence-corrected chi connectivity index (χ4v) is 4.12. The van der Waals surface area contributed by atoms with E-state index in [9.17, 15) is 18.0 Å². The van der Waals surface area contributed by atoms with E-state index >= 15 is 0 Å². The number of benzene rings is 1. The van der Waals surface area contributed by atoms with Crippen LogP contribution < -0.4 is 15.1 Å². The molecular weight excluding hydrogens is 423 g/mol. The Labute approximate surface area is 184 Å². The van der Waals surface area contributed by atoms with Crippen molar-refractivity contribution in [2.24, 2.45) is 5.92 Å². The van der Waals surface area contributed by atoms with Crippen LogP contribution in [0.3, 0.4) is 0 Å². The molecule has 1 aromatic heterocycles. The lowest BCUT2D eigenvalue weighted by atomic mass is 9.96. The topological polar surface area (TPSA) is 70.6 Å². The molecule has 0 spiro atoms. The van der Waals surface area contributed by atoms with Crippen LogP contribution in [0.2, 0.25) is 0 Å². The zero-order valence-electron chi connectivity index (χ0n) is 17.6. The van der Waals surface area contributed by atoms with E-state index in [1.807, 2.05) is 9.80 Å². The third-order valence-corrected chi connectivity index (χ3v) is 5.93. The average molecular weight is 449 g/mol. The normalized spacial score (nSPS) is 18.0. The summed E-state index contributed by atoms with van der Waals surface area (Å²) in [6.45, 7) is 3.20. The number of anilines is 2. The molecule has 0 atom stereocenters. The summed E-state index contributed by atoms with van der Waals surface area (Å²) in [6.07, 6.45) is 0.0507. The number of alkyl halides is 3. The minimum atomic E-state index is -4.50. The molecule has 0 aliphatic carbocycles. The van der Waals surface area contributed by atoms with E-state index in [0.29, 0.717) is 63.9 Å². The predicted octanol–water partition coefficient (Wildman–Crippen LogP) is 2.86. The Kier molecular flexibility index (Phi) is 6.78. The number of morpholine rings is 1. The summed E-state index contributed by atoms with van der Waals surface area (Å²) in [5.41, 5.74) is -0.123. The monoisotopic (exact) mass is 449 g/mol. The lowest BCUT2D eigenvalue weighted by Gasteiger charge is -2.31. The van der Waals surface area contributed by atoms with Crippen LogP contribution in [0.25, 0.3) is 0 Å². The Morgan fingerprint density at radius 2 is 1.75 bits per heavy atom. The molecule has 2 saturated heterocycles. The average Bonchev–Trinajstić information content (AvgIpc) is 2.83. The summed E-state index contributed by atoms with van der Waals surface area (Å²) >= 11 is 0. The van der Waals surface area contributed by atoms with E-state index in [1.165, 1.54) is 12.1 Å². The number of halogens is 3. The van der Waals surface area contributed by atoms with Crippen LogP contribution >= 0.6 is 0 Å². The van der Waals surface area contributed by atoms with Crippen molar-refractivity contribution >= 4 is 17.5 Å². The summed E-state index contributed by atoms with van der Waals surface area (Å²) in [5, 5.41) is 2.71. The highest BCUT2D eigenvalue weighted by molar-refractivity contribution is 5.79. The molecule has 0 radical (unpaired) electrons. The molecule has 1 N–H and O–H groups in total. The number of nitrogens with one attached hydrogen (secondary N) is 1. The number of piperidine rings is 1. The molecule has 1 aromatic carbocycles. The van der Waals surface area contributed by atoms with Gasteiger partial charge in [0, 0.05) is 56.7 Å². The zero-order valence-corrected chi connectivity index (χ0v) is 17.6. The molecular formula is C22H26F3N5O2. The van der Waals surface area contributed by atoms with Gasteiger partial charge in [-0.15, -0.1) is 0 Å². The molecule has 172 valence electrons. The summed E-state index contributed by atoms with van der Waals surface area (Å²) < 4.78 is 46.4. The van der Waals surface area contributed by atoms with Gasteiger partial charge in [0.15, 0.2) is 0 Å². The molecule has 1 amide bonds. The number of ether oxygens (including phenoxy) is 1. The van der Waals surface area contributed by atoms with Crippen molar-refractivity contribution in [2.45, 2.75) is 25.6 Å². The zero-order chi connectivity index (χ0) is 22.6. The van der Waals surface area contributed by atoms with Gasteiger partial charge in [0.25, 0.3) is 0 Å². The van der Waals surface area contributed by atoms with Crippen molar-refractivity contribution in [2.75, 3.05) is 49.2 Å². The van der Waals surface area contributed by atoms with Crippen molar-refractivity contribution < 1.29 is 22.7 Å². The van der Waals surface area contributed by atoms with Gasteiger partial charge in [-0.1, -0.05) is 6.07 Å². The highest BCUT2D eigenvalue weighted by Crippen LogP contribution is 2.35. The number of carbonyl (C=O) groups excluding carboxylic acids is 1. The van der Waals surface area contributed by atoms with Gasteiger partial charge in [0.05, 0.1) is 18.8 Å². The molecule has 7 nitrogen and oxygen atoms in total. The number of nitrogens with zero attached hydrogens (tertiary/aromatic N) is 4. The Balaban J connectivity index is 1.37. The van der Waals surface area contributed by atoms with Crippen LogP contribution in [0.5, 0.6) is 0 Å². The lowest BCUT2D eigenvalue weighted by molar-refractivity contribution is -0.138. The van der Waals surface area contributed by atoms with Crippen molar-refractivity contribution in [3.8, 4) is 0 Å². The van der Waals surface area contributed by atoms with Gasteiger partial charge in [0.1, 0.15) is 0 Å². The van der Waals surface area contributed by atoms with Crippen molar-refractivity contribution in [1.29, 1.82) is 0 Å². The van der Waals surface area contributed by atoms with E-state index < -0.39 is 11.7 Å². The van der Waals surface area contributed by atoms with E-state index in [-0.39, 0.29) is 23.9 Å². The number of hydrogen-bond acceptors (Lipinski definition) is 6. The van der Waals surface area contributed by atoms with Crippen molar-refractivity contribution in [1.82, 2.24) is 15.3 Å². The van der Waals surface area contributed by atoms with Gasteiger partial charge < -0.3 is 19.9 Å². The fourth-order valence-electron chi connectivity index (χ4n) is 4.12. The van der Waals surface area contributed by atoms with Gasteiger partial charge >= 0.3 is 6.18 Å². The third kappa shape index (κ3) is 5.29. The van der Waals surface area contributed by atoms with E-state index in [4.69, 9.17) is 4.74 Å². The second-order valence-corrected chi connectivity index (χ2v) is 7.97. The summed E-state index contributed by atoms with van der Waals surface area (Å²) in [5.74, 6) is 0.169. The minimum Gasteiger partial charge on any atom is -0.378 e. The number of amides is 1. The Morgan fingerprint density at radius 1 is 1.06 bits per heavy atom. The first-order chi connectivity index (χ1) is 15.4. The minimum absolute atomic E-state index is 0.0676. The van der Waals surface area contributed by atoms with Gasteiger partial charge in [-0.3, -0.25) is 4.79 Å². The van der Waals surface area contributed by atoms with E-state index in [0.717, 1.165) is 0 Å². The molecule has 2 aliphatic heterocycles. The van der Waals surface area contributed by atoms with Crippen molar-refractivity contribution in [3.05, 3.63) is 47.8 Å². The molecule has 0 bridgehead atoms. The lowest BCUT2D eigenvalue weighted by Crippen LogP contribution is -2.41. The van der Waals surface area contributed by atoms with Crippen LogP contribution in [0.1, 0.15) is 24.0 Å². The molecule has 10 heteroatoms. The van der Waals surface area contributed by atoms with Crippen LogP contribution in [0, 0.1) is 5.92 Å². The van der Waals surface area contributed by atoms with E-state index in [2.05, 4.69) is 15.3 Å². The maximum absolute atomic E-state index is 13.7. The summed E-state index contributed by atoms with van der Waals surface area (Å²) in [4.78, 5) is 25.0. The molecule has 0 unspecified atom stereocenters. The van der Waals surface area contributed by atoms with E-state index in [1.54, 1.807) is 24.5 Å². The molecule has 2 aromatic rings. The first-order valence-electron chi connectivity index (χ1n) is 10.7. The largest absolute Gasteiger partial charge is 0.416 e. The predicted molar refractivity (Wildman–Crippen MR) is 113 cm³/mol. The van der Waals surface area contributed by atoms with Gasteiger partial charge in [-0.2, -0.15) is 13.2 Å². The molecule has 2 fully saturated rings. The second-order valence-electron chi connectivity index (χ2n) is 7.97. The fraction of sp³-hybridized carbons (Fsp3) is 0.500. The standard InChI is InChI=1S/C22H26F3N5O2/c23-22(24,25)19-14-18(29-10-12-32-13-11-29)3-2-17(19)15-28-20(31)16-4-8-30(9-5-16)21-26-6-1-7-27-21/h1-3,6-7,14,16H,4-5,8-13,15H2,(H,28,31). The number of rotatable bonds is 5. The number of carbonyl (C=O) groups is 1. The number of hydrogen-bond donors (Lipinski definition) is 1. The first-order valence-corrected chi connectivity index (χ1v) is 10.7. The Morgan fingerprint density at radius 3 is 2.41 bits per heavy atom. The molecule has 2 aliphatic rings. The summed E-state index contributed by atoms with van der Waals surface area (Å²) in [7, 11) is 0. The van der Waals surface area contributed by atoms with Crippen LogP contribution in [-0.2, 0) is 22.3 Å². The van der Waals surface area contributed by atoms with Gasteiger partial charge in [-0.25, -0.2) is 9.97 Å². The van der Waals surface area contributed by atoms with Crippen LogP contribution in [0.4, 0.5) is 24.8 Å². The highest BCUT2D eigenvalue weighted by Gasteiger charge is 2.34. The number of aromatic nitrogens is 2. The summed E-state index contributed by atoms with van der Waals surface area (Å²) in [6, 6.07) is 6.06. The second kappa shape index (κ2) is 9.72. The molecule has 32 heavy (non-hydrogen) atoms. The quantitative estimate of drug-likeness (QED) is 0.757. The Bertz CT molecular complexity index is 912. The smallest absolute Gasteiger partial charge is 0.378 e. The molecule has 4 rings (SSSR count). The third-order valence-electron chi connectivity index (χ3n) is 5.93. The highest BCUT2D eigenvalue weighted by atomic mass is 19.4. The Hall–Kier alpha value is -2.88. The van der Waals surface area contributed by atoms with Gasteiger partial charge in [0.2, 0.25) is 11.9 Å². The maximum Gasteiger partial charge on any atom is 0.416 e. The maximum atomic E-state index is 13.7. The van der Waals surface area contributed by atoms with Gasteiger partial charge in [-0.05, 0) is 36.6 Å². The van der Waals surface area contributed by atoms with Crippen LogP contribution in [-0.4, -0.2) is 55.3 Å². The molecule has 0 saturated carbocycles. The SMILES string of the molecule is O=C(NCc1ccc(N2CCOCC2)cc1C(F)(F)F)C1CCN(c2ncccn2)CC1.